The minimum absolute atomic E-state index is 0.0485. The van der Waals surface area contributed by atoms with Gasteiger partial charge in [0, 0.05) is 31.6 Å². The second-order valence-electron chi connectivity index (χ2n) is 7.94. The van der Waals surface area contributed by atoms with Crippen molar-refractivity contribution < 1.29 is 19.1 Å². The summed E-state index contributed by atoms with van der Waals surface area (Å²) in [4.78, 5) is 27.1. The van der Waals surface area contributed by atoms with Gasteiger partial charge in [-0.3, -0.25) is 14.5 Å². The normalized spacial score (nSPS) is 18.1. The van der Waals surface area contributed by atoms with E-state index in [0.717, 1.165) is 42.9 Å². The number of rotatable bonds is 4. The molecular weight excluding hydrogens is 368 g/mol. The molecule has 4 rings (SSSR count). The van der Waals surface area contributed by atoms with Gasteiger partial charge in [-0.1, -0.05) is 11.6 Å². The first kappa shape index (κ1) is 19.5. The molecule has 29 heavy (non-hydrogen) atoms. The molecule has 2 aromatic rings. The standard InChI is InChI=1S/C23H26N2O4/c1-16-3-8-21-19(13-16)20(26)14-23(29-21)9-11-25(12-10-23)15-22(27)24-17-4-6-18(28-2)7-5-17/h3-8,13H,9-12,14-15H2,1-2H3,(H,24,27). The van der Waals surface area contributed by atoms with Crippen LogP contribution in [-0.2, 0) is 4.79 Å². The van der Waals surface area contributed by atoms with E-state index >= 15 is 0 Å². The van der Waals surface area contributed by atoms with Gasteiger partial charge in [-0.2, -0.15) is 0 Å². The summed E-state index contributed by atoms with van der Waals surface area (Å²) < 4.78 is 11.4. The van der Waals surface area contributed by atoms with E-state index in [4.69, 9.17) is 9.47 Å². The molecule has 0 bridgehead atoms. The SMILES string of the molecule is COc1ccc(NC(=O)CN2CCC3(CC2)CC(=O)c2cc(C)ccc2O3)cc1. The highest BCUT2D eigenvalue weighted by Crippen LogP contribution is 2.39. The van der Waals surface area contributed by atoms with Gasteiger partial charge in [-0.25, -0.2) is 0 Å². The average molecular weight is 394 g/mol. The summed E-state index contributed by atoms with van der Waals surface area (Å²) >= 11 is 0. The Hall–Kier alpha value is -2.86. The van der Waals surface area contributed by atoms with Crippen LogP contribution in [0.3, 0.4) is 0 Å². The number of nitrogens with zero attached hydrogens (tertiary/aromatic N) is 1. The Labute approximate surface area is 170 Å². The van der Waals surface area contributed by atoms with Crippen molar-refractivity contribution in [3.8, 4) is 11.5 Å². The van der Waals surface area contributed by atoms with Crippen LogP contribution in [-0.4, -0.2) is 48.9 Å². The topological polar surface area (TPSA) is 67.9 Å². The molecule has 0 unspecified atom stereocenters. The maximum Gasteiger partial charge on any atom is 0.238 e. The highest BCUT2D eigenvalue weighted by atomic mass is 16.5. The molecule has 0 saturated carbocycles. The number of ketones is 1. The van der Waals surface area contributed by atoms with Crippen molar-refractivity contribution >= 4 is 17.4 Å². The maximum atomic E-state index is 12.7. The van der Waals surface area contributed by atoms with Gasteiger partial charge >= 0.3 is 0 Å². The maximum absolute atomic E-state index is 12.7. The Kier molecular flexibility index (Phi) is 5.28. The second-order valence-corrected chi connectivity index (χ2v) is 7.94. The van der Waals surface area contributed by atoms with Crippen molar-refractivity contribution in [1.29, 1.82) is 0 Å². The Morgan fingerprint density at radius 2 is 1.90 bits per heavy atom. The summed E-state index contributed by atoms with van der Waals surface area (Å²) in [6, 6.07) is 13.1. The lowest BCUT2D eigenvalue weighted by Gasteiger charge is -2.43. The van der Waals surface area contributed by atoms with E-state index in [1.54, 1.807) is 7.11 Å². The number of amides is 1. The summed E-state index contributed by atoms with van der Waals surface area (Å²) in [5.74, 6) is 1.55. The number of likely N-dealkylation sites (tertiary alicyclic amines) is 1. The Morgan fingerprint density at radius 3 is 2.59 bits per heavy atom. The van der Waals surface area contributed by atoms with Crippen molar-refractivity contribution in [1.82, 2.24) is 4.90 Å². The molecule has 6 nitrogen and oxygen atoms in total. The molecule has 1 fully saturated rings. The summed E-state index contributed by atoms with van der Waals surface area (Å²) in [5.41, 5.74) is 2.06. The Bertz CT molecular complexity index is 915. The highest BCUT2D eigenvalue weighted by Gasteiger charge is 2.43. The van der Waals surface area contributed by atoms with Crippen LogP contribution in [0.2, 0.25) is 0 Å². The molecule has 0 atom stereocenters. The number of methoxy groups -OCH3 is 1. The number of carbonyl (C=O) groups is 2. The van der Waals surface area contributed by atoms with Crippen molar-refractivity contribution in [2.24, 2.45) is 0 Å². The largest absolute Gasteiger partial charge is 0.497 e. The van der Waals surface area contributed by atoms with Crippen molar-refractivity contribution in [2.45, 2.75) is 31.8 Å². The molecule has 2 aromatic carbocycles. The number of piperidine rings is 1. The van der Waals surface area contributed by atoms with Gasteiger partial charge in [0.15, 0.2) is 5.78 Å². The Morgan fingerprint density at radius 1 is 1.17 bits per heavy atom. The molecule has 0 aliphatic carbocycles. The smallest absolute Gasteiger partial charge is 0.238 e. The van der Waals surface area contributed by atoms with E-state index in [-0.39, 0.29) is 11.7 Å². The molecule has 2 aliphatic heterocycles. The van der Waals surface area contributed by atoms with Gasteiger partial charge in [0.05, 0.1) is 25.6 Å². The van der Waals surface area contributed by atoms with Gasteiger partial charge < -0.3 is 14.8 Å². The summed E-state index contributed by atoms with van der Waals surface area (Å²) in [5, 5.41) is 2.92. The Balaban J connectivity index is 1.33. The molecule has 1 amide bonds. The number of aryl methyl sites for hydroxylation is 1. The quantitative estimate of drug-likeness (QED) is 0.860. The number of hydrogen-bond donors (Lipinski definition) is 1. The van der Waals surface area contributed by atoms with Crippen LogP contribution in [0.1, 0.15) is 35.2 Å². The molecule has 2 heterocycles. The van der Waals surface area contributed by atoms with E-state index in [9.17, 15) is 9.59 Å². The number of anilines is 1. The van der Waals surface area contributed by atoms with E-state index in [2.05, 4.69) is 10.2 Å². The number of Topliss-reactive ketones (excluding diaryl/α,β-unsaturated/α-hetero) is 1. The summed E-state index contributed by atoms with van der Waals surface area (Å²) in [6.07, 6.45) is 1.89. The second kappa shape index (κ2) is 7.87. The molecule has 2 aliphatic rings. The molecular formula is C23H26N2O4. The number of carbonyl (C=O) groups excluding carboxylic acids is 2. The number of nitrogens with one attached hydrogen (secondary N) is 1. The fraction of sp³-hybridized carbons (Fsp3) is 0.391. The van der Waals surface area contributed by atoms with Crippen LogP contribution in [0.25, 0.3) is 0 Å². The molecule has 0 radical (unpaired) electrons. The van der Waals surface area contributed by atoms with Crippen molar-refractivity contribution in [2.75, 3.05) is 32.1 Å². The van der Waals surface area contributed by atoms with Crippen LogP contribution in [0.5, 0.6) is 11.5 Å². The molecule has 1 saturated heterocycles. The first-order valence-corrected chi connectivity index (χ1v) is 9.95. The number of fused-ring (bicyclic) bond motifs is 1. The van der Waals surface area contributed by atoms with Crippen LogP contribution in [0.4, 0.5) is 5.69 Å². The fourth-order valence-corrected chi connectivity index (χ4v) is 4.08. The minimum atomic E-state index is -0.442. The van der Waals surface area contributed by atoms with E-state index in [1.165, 1.54) is 0 Å². The third-order valence-electron chi connectivity index (χ3n) is 5.75. The number of hydrogen-bond acceptors (Lipinski definition) is 5. The molecule has 1 N–H and O–H groups in total. The molecule has 0 aromatic heterocycles. The van der Waals surface area contributed by atoms with Crippen molar-refractivity contribution in [3.05, 3.63) is 53.6 Å². The van der Waals surface area contributed by atoms with Gasteiger partial charge in [0.2, 0.25) is 5.91 Å². The average Bonchev–Trinajstić information content (AvgIpc) is 2.71. The van der Waals surface area contributed by atoms with Gasteiger partial charge in [0.1, 0.15) is 17.1 Å². The summed E-state index contributed by atoms with van der Waals surface area (Å²) in [6.45, 7) is 3.76. The lowest BCUT2D eigenvalue weighted by atomic mass is 9.82. The first-order chi connectivity index (χ1) is 14.0. The van der Waals surface area contributed by atoms with E-state index in [1.807, 2.05) is 49.4 Å². The van der Waals surface area contributed by atoms with E-state index < -0.39 is 5.60 Å². The van der Waals surface area contributed by atoms with Gasteiger partial charge in [0.25, 0.3) is 0 Å². The fourth-order valence-electron chi connectivity index (χ4n) is 4.08. The predicted octanol–water partition coefficient (Wildman–Crippen LogP) is 3.44. The third-order valence-corrected chi connectivity index (χ3v) is 5.75. The van der Waals surface area contributed by atoms with Crippen LogP contribution >= 0.6 is 0 Å². The van der Waals surface area contributed by atoms with Gasteiger partial charge in [-0.05, 0) is 43.3 Å². The zero-order chi connectivity index (χ0) is 20.4. The minimum Gasteiger partial charge on any atom is -0.497 e. The predicted molar refractivity (Wildman–Crippen MR) is 111 cm³/mol. The summed E-state index contributed by atoms with van der Waals surface area (Å²) in [7, 11) is 1.61. The van der Waals surface area contributed by atoms with Crippen LogP contribution < -0.4 is 14.8 Å². The monoisotopic (exact) mass is 394 g/mol. The van der Waals surface area contributed by atoms with Crippen molar-refractivity contribution in [3.63, 3.8) is 0 Å². The lowest BCUT2D eigenvalue weighted by Crippen LogP contribution is -2.52. The number of ether oxygens (including phenoxy) is 2. The molecule has 6 heteroatoms. The first-order valence-electron chi connectivity index (χ1n) is 9.95. The molecule has 1 spiro atoms. The lowest BCUT2D eigenvalue weighted by molar-refractivity contribution is -0.118. The van der Waals surface area contributed by atoms with Crippen LogP contribution in [0.15, 0.2) is 42.5 Å². The zero-order valence-corrected chi connectivity index (χ0v) is 16.9. The van der Waals surface area contributed by atoms with Crippen LogP contribution in [0, 0.1) is 6.92 Å². The van der Waals surface area contributed by atoms with E-state index in [0.29, 0.717) is 24.3 Å². The third kappa shape index (κ3) is 4.27. The molecule has 152 valence electrons. The highest BCUT2D eigenvalue weighted by molar-refractivity contribution is 6.00. The number of benzene rings is 2. The van der Waals surface area contributed by atoms with Gasteiger partial charge in [-0.15, -0.1) is 0 Å². The zero-order valence-electron chi connectivity index (χ0n) is 16.9.